The molecule has 14 heteroatoms. The van der Waals surface area contributed by atoms with Gasteiger partial charge in [0.1, 0.15) is 0 Å². The molecular weight excluding hydrogens is 490 g/mol. The second-order valence-corrected chi connectivity index (χ2v) is 8.27. The Labute approximate surface area is 201 Å². The van der Waals surface area contributed by atoms with E-state index in [9.17, 15) is 18.6 Å². The molecule has 0 aliphatic rings. The molecule has 1 atom stereocenters. The zero-order valence-corrected chi connectivity index (χ0v) is 19.7. The van der Waals surface area contributed by atoms with Crippen LogP contribution in [-0.2, 0) is 25.6 Å². The molecule has 176 valence electrons. The molecule has 0 aliphatic heterocycles. The van der Waals surface area contributed by atoms with Gasteiger partial charge in [0, 0.05) is 17.1 Å². The highest BCUT2D eigenvalue weighted by molar-refractivity contribution is 8.00. The van der Waals surface area contributed by atoms with E-state index in [1.54, 1.807) is 48.5 Å². The fourth-order valence-corrected chi connectivity index (χ4v) is 3.45. The minimum Gasteiger partial charge on any atom is -0.465 e. The van der Waals surface area contributed by atoms with Crippen LogP contribution in [0.1, 0.15) is 10.4 Å². The molecule has 2 aromatic rings. The van der Waals surface area contributed by atoms with E-state index in [0.717, 1.165) is 11.8 Å². The highest BCUT2D eigenvalue weighted by Gasteiger charge is 2.09. The quantitative estimate of drug-likeness (QED) is 0.127. The van der Waals surface area contributed by atoms with Crippen molar-refractivity contribution in [3.63, 3.8) is 0 Å². The first kappa shape index (κ1) is 26.1. The third-order valence-corrected chi connectivity index (χ3v) is 5.24. The van der Waals surface area contributed by atoms with E-state index in [1.807, 2.05) is 0 Å². The molecular formula is C19H21N5O6S3. The van der Waals surface area contributed by atoms with Gasteiger partial charge in [-0.2, -0.15) is 0 Å². The van der Waals surface area contributed by atoms with Crippen molar-refractivity contribution in [2.24, 2.45) is 0 Å². The van der Waals surface area contributed by atoms with Gasteiger partial charge in [-0.3, -0.25) is 29.7 Å². The van der Waals surface area contributed by atoms with Crippen LogP contribution in [0, 0.1) is 0 Å². The Morgan fingerprint density at radius 3 is 2.30 bits per heavy atom. The summed E-state index contributed by atoms with van der Waals surface area (Å²) in [5, 5.41) is 5.59. The summed E-state index contributed by atoms with van der Waals surface area (Å²) in [4.78, 5) is 35.5. The highest BCUT2D eigenvalue weighted by Crippen LogP contribution is 2.14. The zero-order valence-electron chi connectivity index (χ0n) is 17.2. The van der Waals surface area contributed by atoms with Crippen molar-refractivity contribution in [3.05, 3.63) is 54.1 Å². The maximum absolute atomic E-state index is 12.0. The Bertz CT molecular complexity index is 1030. The van der Waals surface area contributed by atoms with E-state index in [2.05, 4.69) is 30.9 Å². The highest BCUT2D eigenvalue weighted by atomic mass is 32.2. The largest absolute Gasteiger partial charge is 0.465 e. The lowest BCUT2D eigenvalue weighted by molar-refractivity contribution is -0.119. The fourth-order valence-electron chi connectivity index (χ4n) is 2.32. The number of hydrazine groups is 1. The third-order valence-electron chi connectivity index (χ3n) is 3.70. The van der Waals surface area contributed by atoms with Crippen molar-refractivity contribution in [2.75, 3.05) is 34.0 Å². The topological polar surface area (TPSA) is 158 Å². The Morgan fingerprint density at radius 1 is 0.970 bits per heavy atom. The summed E-state index contributed by atoms with van der Waals surface area (Å²) >= 11 is 4.02. The predicted octanol–water partition coefficient (Wildman–Crippen LogP) is 1.71. The third kappa shape index (κ3) is 9.86. The van der Waals surface area contributed by atoms with Gasteiger partial charge in [0.25, 0.3) is 11.3 Å². The second-order valence-electron chi connectivity index (χ2n) is 6.17. The van der Waals surface area contributed by atoms with E-state index in [0.29, 0.717) is 22.6 Å². The molecule has 0 aliphatic carbocycles. The lowest BCUT2D eigenvalue weighted by Gasteiger charge is -2.12. The Morgan fingerprint density at radius 2 is 1.64 bits per heavy atom. The van der Waals surface area contributed by atoms with Gasteiger partial charge >= 0.3 is 5.97 Å². The number of thiocarbonyl (C=S) groups is 1. The van der Waals surface area contributed by atoms with Crippen molar-refractivity contribution >= 4 is 75.2 Å². The van der Waals surface area contributed by atoms with Crippen LogP contribution >= 0.6 is 24.0 Å². The number of amides is 2. The normalized spacial score (nSPS) is 11.0. The van der Waals surface area contributed by atoms with Crippen molar-refractivity contribution < 1.29 is 27.9 Å². The number of hydrogen-bond donors (Lipinski definition) is 6. The van der Waals surface area contributed by atoms with Crippen LogP contribution in [0.2, 0.25) is 0 Å². The standard InChI is InChI=1S/C19H21N5O6S3/c1-30-18(27)12-3-2-4-15(9-12)21-19(31)23-22-17(26)11-32-10-16(25)20-13-5-7-14(8-6-13)24-33(28)29/h2-9,24H,10-11H2,1H3,(H,20,25)(H,22,26)(H,28,29)(H2,21,23,31). The van der Waals surface area contributed by atoms with Gasteiger partial charge in [-0.15, -0.1) is 11.8 Å². The Kier molecular flexibility index (Phi) is 10.6. The van der Waals surface area contributed by atoms with Crippen LogP contribution in [-0.4, -0.2) is 50.3 Å². The summed E-state index contributed by atoms with van der Waals surface area (Å²) in [6, 6.07) is 12.7. The SMILES string of the molecule is COC(=O)c1cccc(NC(=S)NNC(=O)CSCC(=O)Nc2ccc(NS(=O)O)cc2)c1. The molecule has 1 unspecified atom stereocenters. The van der Waals surface area contributed by atoms with Crippen LogP contribution in [0.5, 0.6) is 0 Å². The summed E-state index contributed by atoms with van der Waals surface area (Å²) in [5.74, 6) is -1.15. The van der Waals surface area contributed by atoms with Crippen molar-refractivity contribution in [1.82, 2.24) is 10.9 Å². The zero-order chi connectivity index (χ0) is 24.2. The number of thioether (sulfide) groups is 1. The molecule has 11 nitrogen and oxygen atoms in total. The smallest absolute Gasteiger partial charge is 0.337 e. The number of rotatable bonds is 9. The number of methoxy groups -OCH3 is 1. The summed E-state index contributed by atoms with van der Waals surface area (Å²) in [5.41, 5.74) is 6.75. The molecule has 0 saturated heterocycles. The molecule has 6 N–H and O–H groups in total. The number of anilines is 3. The van der Waals surface area contributed by atoms with Crippen LogP contribution < -0.4 is 26.2 Å². The number of nitrogens with one attached hydrogen (secondary N) is 5. The van der Waals surface area contributed by atoms with Crippen molar-refractivity contribution in [2.45, 2.75) is 0 Å². The first-order valence-electron chi connectivity index (χ1n) is 9.16. The van der Waals surface area contributed by atoms with Crippen LogP contribution in [0.15, 0.2) is 48.5 Å². The van der Waals surface area contributed by atoms with E-state index in [-0.39, 0.29) is 22.5 Å². The Balaban J connectivity index is 1.66. The van der Waals surface area contributed by atoms with E-state index < -0.39 is 23.1 Å². The molecule has 0 spiro atoms. The van der Waals surface area contributed by atoms with Crippen LogP contribution in [0.3, 0.4) is 0 Å². The minimum absolute atomic E-state index is 0.00598. The molecule has 0 aromatic heterocycles. The predicted molar refractivity (Wildman–Crippen MR) is 132 cm³/mol. The van der Waals surface area contributed by atoms with Gasteiger partial charge in [0.2, 0.25) is 11.8 Å². The van der Waals surface area contributed by atoms with Crippen LogP contribution in [0.25, 0.3) is 0 Å². The van der Waals surface area contributed by atoms with Gasteiger partial charge in [-0.1, -0.05) is 6.07 Å². The molecule has 33 heavy (non-hydrogen) atoms. The number of carbonyl (C=O) groups is 3. The van der Waals surface area contributed by atoms with Crippen molar-refractivity contribution in [3.8, 4) is 0 Å². The minimum atomic E-state index is -2.17. The van der Waals surface area contributed by atoms with Gasteiger partial charge < -0.3 is 15.4 Å². The lowest BCUT2D eigenvalue weighted by Crippen LogP contribution is -2.44. The Hall–Kier alpha value is -3.20. The summed E-state index contributed by atoms with van der Waals surface area (Å²) < 4.78 is 26.4. The van der Waals surface area contributed by atoms with E-state index >= 15 is 0 Å². The van der Waals surface area contributed by atoms with E-state index in [4.69, 9.17) is 16.8 Å². The summed E-state index contributed by atoms with van der Waals surface area (Å²) in [6.07, 6.45) is 0. The summed E-state index contributed by atoms with van der Waals surface area (Å²) in [7, 11) is 1.28. The van der Waals surface area contributed by atoms with Gasteiger partial charge in [-0.25, -0.2) is 9.00 Å². The molecule has 0 saturated carbocycles. The number of benzene rings is 2. The number of ether oxygens (including phenoxy) is 1. The molecule has 0 fully saturated rings. The monoisotopic (exact) mass is 511 g/mol. The maximum Gasteiger partial charge on any atom is 0.337 e. The second kappa shape index (κ2) is 13.4. The number of hydrogen-bond acceptors (Lipinski definition) is 7. The lowest BCUT2D eigenvalue weighted by atomic mass is 10.2. The average molecular weight is 512 g/mol. The molecule has 2 amide bonds. The fraction of sp³-hybridized carbons (Fsp3) is 0.158. The maximum atomic E-state index is 12.0. The molecule has 0 bridgehead atoms. The van der Waals surface area contributed by atoms with Crippen molar-refractivity contribution in [1.29, 1.82) is 0 Å². The number of esters is 1. The molecule has 0 radical (unpaired) electrons. The molecule has 0 heterocycles. The molecule has 2 rings (SSSR count). The summed E-state index contributed by atoms with van der Waals surface area (Å²) in [6.45, 7) is 0. The first-order chi connectivity index (χ1) is 15.8. The molecule has 2 aromatic carbocycles. The average Bonchev–Trinajstić information content (AvgIpc) is 2.78. The van der Waals surface area contributed by atoms with Gasteiger partial charge in [0.15, 0.2) is 5.11 Å². The van der Waals surface area contributed by atoms with Gasteiger partial charge in [0.05, 0.1) is 24.2 Å². The van der Waals surface area contributed by atoms with E-state index in [1.165, 1.54) is 7.11 Å². The number of carbonyl (C=O) groups excluding carboxylic acids is 3. The van der Waals surface area contributed by atoms with Gasteiger partial charge in [-0.05, 0) is 54.7 Å². The first-order valence-corrected chi connectivity index (χ1v) is 11.8. The van der Waals surface area contributed by atoms with Crippen LogP contribution in [0.4, 0.5) is 17.1 Å².